The molecule has 1 amide bonds. The Morgan fingerprint density at radius 1 is 1.00 bits per heavy atom. The molecule has 1 atom stereocenters. The minimum Gasteiger partial charge on any atom is -0.497 e. The van der Waals surface area contributed by atoms with Crippen molar-refractivity contribution in [1.29, 1.82) is 0 Å². The number of sulfonamides is 1. The lowest BCUT2D eigenvalue weighted by Gasteiger charge is -2.28. The maximum atomic E-state index is 13.3. The first-order chi connectivity index (χ1) is 15.8. The number of hydrogen-bond donors (Lipinski definition) is 1. The number of rotatable bonds is 9. The fourth-order valence-corrected chi connectivity index (χ4v) is 4.96. The lowest BCUT2D eigenvalue weighted by molar-refractivity contribution is -0.117. The van der Waals surface area contributed by atoms with Crippen molar-refractivity contribution in [3.8, 4) is 11.5 Å². The summed E-state index contributed by atoms with van der Waals surface area (Å²) in [7, 11) is 0.665. The lowest BCUT2D eigenvalue weighted by atomic mass is 10.0. The SMILES string of the molecule is COc1ccc([C@@H](CC(=O)Nc2ccc(OC)c(Cl)c2)N(C)S(=O)(=O)c2ccccc2)cc1. The van der Waals surface area contributed by atoms with Gasteiger partial charge in [-0.25, -0.2) is 8.42 Å². The molecule has 0 saturated heterocycles. The first kappa shape index (κ1) is 24.6. The maximum absolute atomic E-state index is 13.3. The molecule has 174 valence electrons. The average Bonchev–Trinajstić information content (AvgIpc) is 2.83. The standard InChI is InChI=1S/C24H25ClN2O5S/c1-27(33(29,30)20-7-5-4-6-8-20)22(17-9-12-19(31-2)13-10-17)16-24(28)26-18-11-14-23(32-3)21(25)15-18/h4-15,22H,16H2,1-3H3,(H,26,28)/t22-/m1/s1. The Balaban J connectivity index is 1.89. The van der Waals surface area contributed by atoms with E-state index in [4.69, 9.17) is 21.1 Å². The Hall–Kier alpha value is -3.07. The van der Waals surface area contributed by atoms with Gasteiger partial charge in [0.15, 0.2) is 0 Å². The van der Waals surface area contributed by atoms with Crippen LogP contribution >= 0.6 is 11.6 Å². The lowest BCUT2D eigenvalue weighted by Crippen LogP contribution is -2.33. The fourth-order valence-electron chi connectivity index (χ4n) is 3.34. The van der Waals surface area contributed by atoms with Gasteiger partial charge in [-0.3, -0.25) is 4.79 Å². The van der Waals surface area contributed by atoms with Crippen LogP contribution < -0.4 is 14.8 Å². The van der Waals surface area contributed by atoms with Crippen LogP contribution in [0.1, 0.15) is 18.0 Å². The molecule has 0 spiro atoms. The van der Waals surface area contributed by atoms with Gasteiger partial charge in [0.05, 0.1) is 30.2 Å². The predicted octanol–water partition coefficient (Wildman–Crippen LogP) is 4.75. The van der Waals surface area contributed by atoms with Gasteiger partial charge in [-0.05, 0) is 48.0 Å². The predicted molar refractivity (Wildman–Crippen MR) is 128 cm³/mol. The number of halogens is 1. The zero-order valence-corrected chi connectivity index (χ0v) is 20.1. The van der Waals surface area contributed by atoms with E-state index in [1.54, 1.807) is 67.8 Å². The number of benzene rings is 3. The Morgan fingerprint density at radius 3 is 2.24 bits per heavy atom. The summed E-state index contributed by atoms with van der Waals surface area (Å²) in [5.41, 5.74) is 1.13. The molecule has 0 aliphatic carbocycles. The molecule has 1 N–H and O–H groups in total. The van der Waals surface area contributed by atoms with Gasteiger partial charge >= 0.3 is 0 Å². The smallest absolute Gasteiger partial charge is 0.243 e. The second-order valence-corrected chi connectivity index (χ2v) is 9.63. The molecule has 0 aliphatic rings. The zero-order valence-electron chi connectivity index (χ0n) is 18.5. The molecule has 0 heterocycles. The van der Waals surface area contributed by atoms with Crippen molar-refractivity contribution >= 4 is 33.2 Å². The Bertz CT molecular complexity index is 1200. The summed E-state index contributed by atoms with van der Waals surface area (Å²) in [6.07, 6.45) is -0.113. The van der Waals surface area contributed by atoms with E-state index in [9.17, 15) is 13.2 Å². The zero-order chi connectivity index (χ0) is 24.0. The van der Waals surface area contributed by atoms with Gasteiger partial charge in [-0.2, -0.15) is 4.31 Å². The van der Waals surface area contributed by atoms with Gasteiger partial charge in [0.25, 0.3) is 0 Å². The highest BCUT2D eigenvalue weighted by Crippen LogP contribution is 2.31. The molecule has 0 unspecified atom stereocenters. The number of carbonyl (C=O) groups excluding carboxylic acids is 1. The van der Waals surface area contributed by atoms with Crippen molar-refractivity contribution in [2.45, 2.75) is 17.4 Å². The molecule has 0 aromatic heterocycles. The van der Waals surface area contributed by atoms with E-state index in [-0.39, 0.29) is 17.2 Å². The molecule has 9 heteroatoms. The first-order valence-corrected chi connectivity index (χ1v) is 11.9. The molecule has 3 rings (SSSR count). The third-order valence-corrected chi connectivity index (χ3v) is 7.35. The van der Waals surface area contributed by atoms with E-state index < -0.39 is 16.1 Å². The van der Waals surface area contributed by atoms with Gasteiger partial charge in [0.1, 0.15) is 11.5 Å². The molecule has 0 saturated carbocycles. The van der Waals surface area contributed by atoms with Crippen LogP contribution in [0.3, 0.4) is 0 Å². The molecule has 0 radical (unpaired) electrons. The summed E-state index contributed by atoms with van der Waals surface area (Å²) >= 11 is 6.15. The highest BCUT2D eigenvalue weighted by atomic mass is 35.5. The second kappa shape index (κ2) is 10.7. The van der Waals surface area contributed by atoms with Crippen molar-refractivity contribution in [2.75, 3.05) is 26.6 Å². The van der Waals surface area contributed by atoms with Crippen LogP contribution in [0.2, 0.25) is 5.02 Å². The highest BCUT2D eigenvalue weighted by molar-refractivity contribution is 7.89. The summed E-state index contributed by atoms with van der Waals surface area (Å²) in [4.78, 5) is 13.1. The van der Waals surface area contributed by atoms with Crippen LogP contribution in [-0.2, 0) is 14.8 Å². The van der Waals surface area contributed by atoms with Crippen molar-refractivity contribution in [1.82, 2.24) is 4.31 Å². The molecular weight excluding hydrogens is 464 g/mol. The molecule has 33 heavy (non-hydrogen) atoms. The summed E-state index contributed by atoms with van der Waals surface area (Å²) in [6, 6.07) is 19.2. The summed E-state index contributed by atoms with van der Waals surface area (Å²) in [6.45, 7) is 0. The minimum atomic E-state index is -3.85. The number of ether oxygens (including phenoxy) is 2. The van der Waals surface area contributed by atoms with Gasteiger partial charge in [0.2, 0.25) is 15.9 Å². The summed E-state index contributed by atoms with van der Waals surface area (Å²) in [5.74, 6) is 0.745. The second-order valence-electron chi connectivity index (χ2n) is 7.22. The van der Waals surface area contributed by atoms with Crippen LogP contribution in [0.25, 0.3) is 0 Å². The third kappa shape index (κ3) is 5.84. The van der Waals surface area contributed by atoms with E-state index >= 15 is 0 Å². The van der Waals surface area contributed by atoms with Crippen LogP contribution in [0.5, 0.6) is 11.5 Å². The van der Waals surface area contributed by atoms with Crippen molar-refractivity contribution < 1.29 is 22.7 Å². The molecule has 0 aliphatic heterocycles. The Morgan fingerprint density at radius 2 is 1.67 bits per heavy atom. The van der Waals surface area contributed by atoms with Crippen LogP contribution in [-0.4, -0.2) is 39.9 Å². The Labute approximate surface area is 198 Å². The number of methoxy groups -OCH3 is 2. The van der Waals surface area contributed by atoms with Gasteiger partial charge < -0.3 is 14.8 Å². The number of hydrogen-bond acceptors (Lipinski definition) is 5. The van der Waals surface area contributed by atoms with Crippen molar-refractivity contribution in [3.05, 3.63) is 83.4 Å². The van der Waals surface area contributed by atoms with E-state index in [1.165, 1.54) is 30.6 Å². The number of amides is 1. The fraction of sp³-hybridized carbons (Fsp3) is 0.208. The van der Waals surface area contributed by atoms with Crippen LogP contribution in [0.4, 0.5) is 5.69 Å². The van der Waals surface area contributed by atoms with E-state index in [1.807, 2.05) is 0 Å². The Kier molecular flexibility index (Phi) is 7.97. The monoisotopic (exact) mass is 488 g/mol. The van der Waals surface area contributed by atoms with Crippen LogP contribution in [0.15, 0.2) is 77.7 Å². The molecule has 7 nitrogen and oxygen atoms in total. The largest absolute Gasteiger partial charge is 0.497 e. The minimum absolute atomic E-state index is 0.113. The van der Waals surface area contributed by atoms with Gasteiger partial charge in [-0.15, -0.1) is 0 Å². The number of nitrogens with zero attached hydrogens (tertiary/aromatic N) is 1. The normalized spacial score (nSPS) is 12.3. The molecule has 0 bridgehead atoms. The highest BCUT2D eigenvalue weighted by Gasteiger charge is 2.31. The van der Waals surface area contributed by atoms with Gasteiger partial charge in [0, 0.05) is 19.2 Å². The molecular formula is C24H25ClN2O5S. The van der Waals surface area contributed by atoms with E-state index in [2.05, 4.69) is 5.32 Å². The summed E-state index contributed by atoms with van der Waals surface area (Å²) < 4.78 is 38.1. The molecule has 3 aromatic carbocycles. The van der Waals surface area contributed by atoms with E-state index in [0.29, 0.717) is 27.8 Å². The van der Waals surface area contributed by atoms with Crippen molar-refractivity contribution in [3.63, 3.8) is 0 Å². The third-order valence-electron chi connectivity index (χ3n) is 5.17. The molecule has 3 aromatic rings. The van der Waals surface area contributed by atoms with Gasteiger partial charge in [-0.1, -0.05) is 41.9 Å². The van der Waals surface area contributed by atoms with Crippen molar-refractivity contribution in [2.24, 2.45) is 0 Å². The van der Waals surface area contributed by atoms with E-state index in [0.717, 1.165) is 0 Å². The average molecular weight is 489 g/mol. The number of anilines is 1. The first-order valence-electron chi connectivity index (χ1n) is 10.1. The number of carbonyl (C=O) groups is 1. The maximum Gasteiger partial charge on any atom is 0.243 e. The topological polar surface area (TPSA) is 84.9 Å². The van der Waals surface area contributed by atoms with Crippen LogP contribution in [0, 0.1) is 0 Å². The molecule has 0 fully saturated rings. The quantitative estimate of drug-likeness (QED) is 0.470. The number of nitrogens with one attached hydrogen (secondary N) is 1. The summed E-state index contributed by atoms with van der Waals surface area (Å²) in [5, 5.41) is 3.13.